The molecule has 0 atom stereocenters. The molecule has 0 aliphatic carbocycles. The zero-order chi connectivity index (χ0) is 27.3. The number of halogens is 4. The highest BCUT2D eigenvalue weighted by Gasteiger charge is 2.38. The van der Waals surface area contributed by atoms with Crippen LogP contribution in [-0.4, -0.2) is 66.0 Å². The molecule has 0 radical (unpaired) electrons. The lowest BCUT2D eigenvalue weighted by Gasteiger charge is -2.29. The van der Waals surface area contributed by atoms with Crippen molar-refractivity contribution in [2.24, 2.45) is 0 Å². The van der Waals surface area contributed by atoms with E-state index in [1.807, 2.05) is 47.4 Å². The summed E-state index contributed by atoms with van der Waals surface area (Å²) < 4.78 is 51.7. The third-order valence-corrected chi connectivity index (χ3v) is 5.91. The van der Waals surface area contributed by atoms with Crippen LogP contribution < -0.4 is 10.2 Å². The van der Waals surface area contributed by atoms with E-state index in [1.54, 1.807) is 12.3 Å². The Labute approximate surface area is 214 Å². The quantitative estimate of drug-likeness (QED) is 0.436. The Kier molecular flexibility index (Phi) is 8.10. The normalized spacial score (nSPS) is 15.5. The lowest BCUT2D eigenvalue weighted by molar-refractivity contribution is -0.192. The molecule has 0 bridgehead atoms. The van der Waals surface area contributed by atoms with E-state index in [1.165, 1.54) is 0 Å². The van der Waals surface area contributed by atoms with Gasteiger partial charge in [-0.25, -0.2) is 9.18 Å². The number of amides is 1. The molecule has 4 heterocycles. The predicted molar refractivity (Wildman–Crippen MR) is 132 cm³/mol. The van der Waals surface area contributed by atoms with E-state index in [0.29, 0.717) is 44.1 Å². The standard InChI is InChI=1S/C24H23FN4O2.C2HF3O2/c25-20-13-16(2-4-23(20)29-9-11-31-12-10-29)1-3-18-14-17(5-7-26-18)22-15-19-21(28-22)6-8-27-24(19)30;3-2(4,5)1(6)7/h1-5,7,13-15,28H,6,8-12H2,(H,27,30);(H,6,7). The number of nitrogens with one attached hydrogen (secondary N) is 2. The van der Waals surface area contributed by atoms with Gasteiger partial charge in [0.2, 0.25) is 0 Å². The molecule has 2 aliphatic rings. The maximum absolute atomic E-state index is 14.6. The van der Waals surface area contributed by atoms with Crippen molar-refractivity contribution in [1.29, 1.82) is 0 Å². The van der Waals surface area contributed by atoms with Gasteiger partial charge in [-0.3, -0.25) is 9.78 Å². The minimum Gasteiger partial charge on any atom is -0.475 e. The molecule has 38 heavy (non-hydrogen) atoms. The number of aliphatic carboxylic acids is 1. The molecule has 200 valence electrons. The number of hydrogen-bond donors (Lipinski definition) is 3. The van der Waals surface area contributed by atoms with Crippen LogP contribution in [0.25, 0.3) is 23.4 Å². The monoisotopic (exact) mass is 532 g/mol. The number of nitrogens with zero attached hydrogens (tertiary/aromatic N) is 2. The Balaban J connectivity index is 0.000000426. The number of hydrogen-bond acceptors (Lipinski definition) is 5. The Morgan fingerprint density at radius 1 is 1.11 bits per heavy atom. The summed E-state index contributed by atoms with van der Waals surface area (Å²) in [7, 11) is 0. The van der Waals surface area contributed by atoms with Crippen molar-refractivity contribution in [3.63, 3.8) is 0 Å². The number of pyridine rings is 1. The largest absolute Gasteiger partial charge is 0.490 e. The van der Waals surface area contributed by atoms with Gasteiger partial charge >= 0.3 is 12.1 Å². The van der Waals surface area contributed by atoms with Crippen LogP contribution in [0, 0.1) is 5.82 Å². The van der Waals surface area contributed by atoms with Gasteiger partial charge in [-0.2, -0.15) is 13.2 Å². The van der Waals surface area contributed by atoms with Crippen molar-refractivity contribution in [2.45, 2.75) is 12.6 Å². The average molecular weight is 532 g/mol. The predicted octanol–water partition coefficient (Wildman–Crippen LogP) is 4.14. The third kappa shape index (κ3) is 6.57. The molecule has 1 aromatic carbocycles. The molecular weight excluding hydrogens is 508 g/mol. The summed E-state index contributed by atoms with van der Waals surface area (Å²) in [6.07, 6.45) is 1.16. The number of benzene rings is 1. The van der Waals surface area contributed by atoms with Crippen molar-refractivity contribution >= 4 is 29.7 Å². The molecule has 0 saturated carbocycles. The minimum absolute atomic E-state index is 0.0412. The SMILES string of the molecule is O=C(O)C(F)(F)F.O=C1NCCc2[nH]c(-c3ccnc(C=Cc4ccc(N5CCOCC5)c(F)c4)c3)cc21. The number of carboxylic acid groups (broad SMARTS) is 1. The molecular formula is C26H24F4N4O4. The van der Waals surface area contributed by atoms with Gasteiger partial charge in [0.1, 0.15) is 5.82 Å². The summed E-state index contributed by atoms with van der Waals surface area (Å²) in [4.78, 5) is 30.7. The van der Waals surface area contributed by atoms with Gasteiger partial charge in [-0.1, -0.05) is 12.1 Å². The fourth-order valence-corrected chi connectivity index (χ4v) is 4.03. The highest BCUT2D eigenvalue weighted by Crippen LogP contribution is 2.25. The van der Waals surface area contributed by atoms with Crippen molar-refractivity contribution in [3.05, 3.63) is 70.9 Å². The summed E-state index contributed by atoms with van der Waals surface area (Å²) in [5.41, 5.74) is 5.64. The second kappa shape index (κ2) is 11.5. The van der Waals surface area contributed by atoms with Crippen molar-refractivity contribution in [3.8, 4) is 11.3 Å². The average Bonchev–Trinajstić information content (AvgIpc) is 3.34. The molecule has 3 N–H and O–H groups in total. The van der Waals surface area contributed by atoms with Crippen LogP contribution in [0.2, 0.25) is 0 Å². The Morgan fingerprint density at radius 2 is 1.84 bits per heavy atom. The number of aromatic amines is 1. The highest BCUT2D eigenvalue weighted by atomic mass is 19.4. The van der Waals surface area contributed by atoms with Gasteiger partial charge < -0.3 is 25.0 Å². The van der Waals surface area contributed by atoms with Gasteiger partial charge in [0, 0.05) is 49.2 Å². The van der Waals surface area contributed by atoms with Crippen LogP contribution >= 0.6 is 0 Å². The Hall–Kier alpha value is -4.19. The zero-order valence-corrected chi connectivity index (χ0v) is 20.0. The number of rotatable bonds is 4. The van der Waals surface area contributed by atoms with Crippen LogP contribution in [0.1, 0.15) is 27.3 Å². The maximum Gasteiger partial charge on any atom is 0.490 e. The molecule has 1 amide bonds. The summed E-state index contributed by atoms with van der Waals surface area (Å²) in [6, 6.07) is 11.0. The van der Waals surface area contributed by atoms with Crippen LogP contribution in [0.15, 0.2) is 42.6 Å². The first-order valence-corrected chi connectivity index (χ1v) is 11.7. The van der Waals surface area contributed by atoms with Gasteiger partial charge in [0.05, 0.1) is 30.2 Å². The van der Waals surface area contributed by atoms with E-state index in [9.17, 15) is 22.4 Å². The molecule has 8 nitrogen and oxygen atoms in total. The number of alkyl halides is 3. The van der Waals surface area contributed by atoms with Crippen LogP contribution in [0.5, 0.6) is 0 Å². The number of morpholine rings is 1. The number of carboxylic acids is 1. The fraction of sp³-hybridized carbons (Fsp3) is 0.269. The molecule has 1 fully saturated rings. The first kappa shape index (κ1) is 26.9. The number of aromatic nitrogens is 2. The number of ether oxygens (including phenoxy) is 1. The lowest BCUT2D eigenvalue weighted by Crippen LogP contribution is -2.36. The van der Waals surface area contributed by atoms with E-state index in [0.717, 1.165) is 34.6 Å². The first-order valence-electron chi connectivity index (χ1n) is 11.7. The van der Waals surface area contributed by atoms with Gasteiger partial charge in [-0.15, -0.1) is 0 Å². The van der Waals surface area contributed by atoms with E-state index in [4.69, 9.17) is 14.6 Å². The highest BCUT2D eigenvalue weighted by molar-refractivity contribution is 5.97. The molecule has 2 aliphatic heterocycles. The number of H-pyrrole nitrogens is 1. The second-order valence-corrected chi connectivity index (χ2v) is 8.50. The molecule has 5 rings (SSSR count). The lowest BCUT2D eigenvalue weighted by atomic mass is 10.1. The minimum atomic E-state index is -5.08. The fourth-order valence-electron chi connectivity index (χ4n) is 4.03. The number of anilines is 1. The van der Waals surface area contributed by atoms with Crippen LogP contribution in [0.3, 0.4) is 0 Å². The summed E-state index contributed by atoms with van der Waals surface area (Å²) in [6.45, 7) is 3.30. The first-order chi connectivity index (χ1) is 18.1. The van der Waals surface area contributed by atoms with Crippen LogP contribution in [0.4, 0.5) is 23.2 Å². The molecule has 1 saturated heterocycles. The van der Waals surface area contributed by atoms with Crippen molar-refractivity contribution in [1.82, 2.24) is 15.3 Å². The number of fused-ring (bicyclic) bond motifs is 1. The zero-order valence-electron chi connectivity index (χ0n) is 20.0. The molecule has 3 aromatic rings. The van der Waals surface area contributed by atoms with E-state index in [2.05, 4.69) is 15.3 Å². The molecule has 0 unspecified atom stereocenters. The van der Waals surface area contributed by atoms with E-state index >= 15 is 0 Å². The van der Waals surface area contributed by atoms with E-state index in [-0.39, 0.29) is 11.7 Å². The Morgan fingerprint density at radius 3 is 2.50 bits per heavy atom. The van der Waals surface area contributed by atoms with Crippen molar-refractivity contribution < 1.29 is 37.0 Å². The van der Waals surface area contributed by atoms with E-state index < -0.39 is 12.1 Å². The van der Waals surface area contributed by atoms with Crippen molar-refractivity contribution in [2.75, 3.05) is 37.7 Å². The maximum atomic E-state index is 14.6. The third-order valence-electron chi connectivity index (χ3n) is 5.91. The van der Waals surface area contributed by atoms with Gasteiger partial charge in [0.15, 0.2) is 0 Å². The second-order valence-electron chi connectivity index (χ2n) is 8.50. The number of carbonyl (C=O) groups is 2. The van der Waals surface area contributed by atoms with Gasteiger partial charge in [-0.05, 0) is 42.0 Å². The summed E-state index contributed by atoms with van der Waals surface area (Å²) in [5.74, 6) is -3.03. The van der Waals surface area contributed by atoms with Crippen LogP contribution in [-0.2, 0) is 16.0 Å². The molecule has 12 heteroatoms. The molecule has 0 spiro atoms. The smallest absolute Gasteiger partial charge is 0.475 e. The Bertz CT molecular complexity index is 1350. The number of carbonyl (C=O) groups excluding carboxylic acids is 1. The molecule has 2 aromatic heterocycles. The summed E-state index contributed by atoms with van der Waals surface area (Å²) >= 11 is 0. The summed E-state index contributed by atoms with van der Waals surface area (Å²) in [5, 5.41) is 9.98. The van der Waals surface area contributed by atoms with Gasteiger partial charge in [0.25, 0.3) is 5.91 Å². The topological polar surface area (TPSA) is 108 Å².